The number of benzene rings is 1. The van der Waals surface area contributed by atoms with Gasteiger partial charge in [0.2, 0.25) is 5.78 Å². The molecule has 1 aliphatic rings. The highest BCUT2D eigenvalue weighted by atomic mass is 32.1. The van der Waals surface area contributed by atoms with Gasteiger partial charge in [0.1, 0.15) is 12.1 Å². The Morgan fingerprint density at radius 3 is 2.97 bits per heavy atom. The topological polar surface area (TPSA) is 80.0 Å². The normalized spacial score (nSPS) is 20.4. The summed E-state index contributed by atoms with van der Waals surface area (Å²) in [6.45, 7) is 5.20. The zero-order chi connectivity index (χ0) is 22.9. The Morgan fingerprint density at radius 2 is 2.15 bits per heavy atom. The summed E-state index contributed by atoms with van der Waals surface area (Å²) in [5.74, 6) is 1.25. The molecule has 4 aromatic rings. The van der Waals surface area contributed by atoms with Gasteiger partial charge in [0.05, 0.1) is 10.4 Å². The first-order chi connectivity index (χ1) is 16.0. The van der Waals surface area contributed by atoms with E-state index in [1.807, 2.05) is 6.07 Å². The second-order valence-corrected chi connectivity index (χ2v) is 10.0. The fourth-order valence-corrected chi connectivity index (χ4v) is 5.84. The average molecular weight is 461 g/mol. The van der Waals surface area contributed by atoms with Crippen LogP contribution in [0.25, 0.3) is 10.9 Å². The van der Waals surface area contributed by atoms with E-state index >= 15 is 0 Å². The Kier molecular flexibility index (Phi) is 6.00. The molecule has 0 radical (unpaired) electrons. The number of para-hydroxylation sites is 1. The maximum atomic E-state index is 13.4. The molecule has 0 bridgehead atoms. The third kappa shape index (κ3) is 4.30. The molecule has 0 saturated heterocycles. The Balaban J connectivity index is 1.35. The summed E-state index contributed by atoms with van der Waals surface area (Å²) in [7, 11) is 0. The molecule has 5 rings (SSSR count). The number of carbonyl (C=O) groups excluding carboxylic acids is 1. The number of aliphatic hydroxyl groups is 1. The van der Waals surface area contributed by atoms with Crippen molar-refractivity contribution >= 4 is 33.8 Å². The van der Waals surface area contributed by atoms with Crippen LogP contribution in [-0.2, 0) is 6.54 Å². The standard InChI is InChI=1S/C26H28N4O2S/c1-16-7-20(9-19(16)13-31)29-26-22(10-27-15-28-26)25(32)24-8-18(14-33-24)12-30-11-17(2)21-5-3-4-6-23(21)30/h3-6,8,10-11,14-16,19-20,31H,7,9,12-13H2,1-2H3,(H,27,28,29)/t16-,19+,20-/m0/s1. The first-order valence-electron chi connectivity index (χ1n) is 11.4. The average Bonchev–Trinajstić information content (AvgIpc) is 3.52. The minimum Gasteiger partial charge on any atom is -0.396 e. The van der Waals surface area contributed by atoms with Crippen LogP contribution in [0.15, 0.2) is 54.4 Å². The predicted molar refractivity (Wildman–Crippen MR) is 132 cm³/mol. The number of thiophene rings is 1. The SMILES string of the molecule is Cc1cn(Cc2csc(C(=O)c3cncnc3N[C@@H]3C[C@H](CO)[C@@H](C)C3)c2)c2ccccc12. The van der Waals surface area contributed by atoms with Crippen molar-refractivity contribution in [2.75, 3.05) is 11.9 Å². The van der Waals surface area contributed by atoms with Crippen LogP contribution in [0.3, 0.4) is 0 Å². The van der Waals surface area contributed by atoms with Gasteiger partial charge in [0.15, 0.2) is 0 Å². The van der Waals surface area contributed by atoms with Crippen molar-refractivity contribution in [2.45, 2.75) is 39.3 Å². The van der Waals surface area contributed by atoms with E-state index in [0.717, 1.165) is 24.9 Å². The minimum atomic E-state index is -0.0624. The maximum Gasteiger partial charge on any atom is 0.208 e. The van der Waals surface area contributed by atoms with Crippen molar-refractivity contribution in [3.63, 3.8) is 0 Å². The van der Waals surface area contributed by atoms with Crippen molar-refractivity contribution in [1.29, 1.82) is 0 Å². The predicted octanol–water partition coefficient (Wildman–Crippen LogP) is 4.90. The fourth-order valence-electron chi connectivity index (χ4n) is 4.98. The van der Waals surface area contributed by atoms with E-state index in [4.69, 9.17) is 0 Å². The highest BCUT2D eigenvalue weighted by Crippen LogP contribution is 2.33. The summed E-state index contributed by atoms with van der Waals surface area (Å²) >= 11 is 1.46. The van der Waals surface area contributed by atoms with Gasteiger partial charge in [-0.25, -0.2) is 9.97 Å². The molecule has 0 unspecified atom stereocenters. The highest BCUT2D eigenvalue weighted by Gasteiger charge is 2.31. The molecule has 170 valence electrons. The van der Waals surface area contributed by atoms with E-state index in [9.17, 15) is 9.90 Å². The molecule has 0 spiro atoms. The first-order valence-corrected chi connectivity index (χ1v) is 12.3. The summed E-state index contributed by atoms with van der Waals surface area (Å²) in [5.41, 5.74) is 4.04. The Hall–Kier alpha value is -3.03. The molecule has 1 fully saturated rings. The summed E-state index contributed by atoms with van der Waals surface area (Å²) in [4.78, 5) is 22.5. The number of aliphatic hydroxyl groups excluding tert-OH is 1. The van der Waals surface area contributed by atoms with E-state index in [1.54, 1.807) is 6.20 Å². The van der Waals surface area contributed by atoms with E-state index < -0.39 is 0 Å². The minimum absolute atomic E-state index is 0.0624. The Bertz CT molecular complexity index is 1290. The van der Waals surface area contributed by atoms with Gasteiger partial charge in [-0.05, 0) is 60.2 Å². The number of fused-ring (bicyclic) bond motifs is 1. The number of anilines is 1. The molecule has 1 aromatic carbocycles. The van der Waals surface area contributed by atoms with E-state index in [2.05, 4.69) is 69.5 Å². The number of hydrogen-bond donors (Lipinski definition) is 2. The third-order valence-electron chi connectivity index (χ3n) is 6.80. The van der Waals surface area contributed by atoms with Gasteiger partial charge in [-0.1, -0.05) is 25.1 Å². The zero-order valence-electron chi connectivity index (χ0n) is 18.9. The molecule has 1 aliphatic carbocycles. The van der Waals surface area contributed by atoms with Crippen LogP contribution >= 0.6 is 11.3 Å². The van der Waals surface area contributed by atoms with Crippen LogP contribution < -0.4 is 5.32 Å². The largest absolute Gasteiger partial charge is 0.396 e. The molecular formula is C26H28N4O2S. The molecule has 2 N–H and O–H groups in total. The number of aromatic nitrogens is 3. The number of nitrogens with zero attached hydrogens (tertiary/aromatic N) is 3. The van der Waals surface area contributed by atoms with Crippen molar-refractivity contribution in [3.05, 3.63) is 76.0 Å². The molecule has 0 aliphatic heterocycles. The fraction of sp³-hybridized carbons (Fsp3) is 0.346. The summed E-state index contributed by atoms with van der Waals surface area (Å²) < 4.78 is 2.23. The lowest BCUT2D eigenvalue weighted by Gasteiger charge is -2.15. The summed E-state index contributed by atoms with van der Waals surface area (Å²) in [5, 5.41) is 16.3. The van der Waals surface area contributed by atoms with Gasteiger partial charge >= 0.3 is 0 Å². The highest BCUT2D eigenvalue weighted by molar-refractivity contribution is 7.12. The van der Waals surface area contributed by atoms with Crippen LogP contribution in [0.5, 0.6) is 0 Å². The van der Waals surface area contributed by atoms with Crippen molar-refractivity contribution in [3.8, 4) is 0 Å². The van der Waals surface area contributed by atoms with Crippen LogP contribution in [-0.4, -0.2) is 38.1 Å². The van der Waals surface area contributed by atoms with Crippen molar-refractivity contribution < 1.29 is 9.90 Å². The third-order valence-corrected chi connectivity index (χ3v) is 7.78. The zero-order valence-corrected chi connectivity index (χ0v) is 19.7. The maximum absolute atomic E-state index is 13.4. The molecule has 1 saturated carbocycles. The van der Waals surface area contributed by atoms with Gasteiger partial charge in [-0.15, -0.1) is 11.3 Å². The summed E-state index contributed by atoms with van der Waals surface area (Å²) in [6.07, 6.45) is 7.07. The molecular weight excluding hydrogens is 432 g/mol. The van der Waals surface area contributed by atoms with Crippen molar-refractivity contribution in [2.24, 2.45) is 11.8 Å². The van der Waals surface area contributed by atoms with Crippen LogP contribution in [0.1, 0.15) is 46.1 Å². The number of carbonyl (C=O) groups is 1. The quantitative estimate of drug-likeness (QED) is 0.384. The molecule has 7 heteroatoms. The van der Waals surface area contributed by atoms with Crippen LogP contribution in [0, 0.1) is 18.8 Å². The van der Waals surface area contributed by atoms with Gasteiger partial charge in [-0.2, -0.15) is 0 Å². The Labute approximate surface area is 197 Å². The molecule has 33 heavy (non-hydrogen) atoms. The number of nitrogens with one attached hydrogen (secondary N) is 1. The van der Waals surface area contributed by atoms with Gasteiger partial charge in [0, 0.05) is 42.5 Å². The first kappa shape index (κ1) is 21.8. The van der Waals surface area contributed by atoms with E-state index in [-0.39, 0.29) is 24.3 Å². The van der Waals surface area contributed by atoms with Crippen molar-refractivity contribution in [1.82, 2.24) is 14.5 Å². The number of aryl methyl sites for hydroxylation is 1. The lowest BCUT2D eigenvalue weighted by molar-refractivity contribution is 0.104. The second-order valence-electron chi connectivity index (χ2n) is 9.12. The van der Waals surface area contributed by atoms with Gasteiger partial charge in [-0.3, -0.25) is 4.79 Å². The number of ketones is 1. The van der Waals surface area contributed by atoms with E-state index in [0.29, 0.717) is 22.2 Å². The second kappa shape index (κ2) is 9.08. The van der Waals surface area contributed by atoms with E-state index in [1.165, 1.54) is 34.1 Å². The van der Waals surface area contributed by atoms with Crippen LogP contribution in [0.2, 0.25) is 0 Å². The van der Waals surface area contributed by atoms with Gasteiger partial charge < -0.3 is 15.0 Å². The Morgan fingerprint density at radius 1 is 1.30 bits per heavy atom. The molecule has 3 atom stereocenters. The smallest absolute Gasteiger partial charge is 0.208 e. The van der Waals surface area contributed by atoms with Crippen LogP contribution in [0.4, 0.5) is 5.82 Å². The summed E-state index contributed by atoms with van der Waals surface area (Å²) in [6, 6.07) is 10.6. The lowest BCUT2D eigenvalue weighted by Crippen LogP contribution is -2.19. The number of rotatable bonds is 7. The monoisotopic (exact) mass is 460 g/mol. The molecule has 3 heterocycles. The number of hydrogen-bond acceptors (Lipinski definition) is 6. The molecule has 3 aromatic heterocycles. The molecule has 0 amide bonds. The van der Waals surface area contributed by atoms with Gasteiger partial charge in [0.25, 0.3) is 0 Å². The molecule has 6 nitrogen and oxygen atoms in total. The lowest BCUT2D eigenvalue weighted by atomic mass is 10.00.